The van der Waals surface area contributed by atoms with Gasteiger partial charge >= 0.3 is 0 Å². The van der Waals surface area contributed by atoms with Gasteiger partial charge in [0.15, 0.2) is 0 Å². The second-order valence-corrected chi connectivity index (χ2v) is 7.07. The zero-order valence-corrected chi connectivity index (χ0v) is 15.7. The number of fused-ring (bicyclic) bond motifs is 1. The Balaban J connectivity index is 1.58. The summed E-state index contributed by atoms with van der Waals surface area (Å²) in [5.41, 5.74) is 2.41. The van der Waals surface area contributed by atoms with Crippen molar-refractivity contribution in [3.8, 4) is 5.75 Å². The molecule has 2 aromatic carbocycles. The van der Waals surface area contributed by atoms with Crippen molar-refractivity contribution in [2.24, 2.45) is 0 Å². The van der Waals surface area contributed by atoms with Gasteiger partial charge in [-0.3, -0.25) is 9.59 Å². The number of hydrogen-bond donors (Lipinski definition) is 3. The summed E-state index contributed by atoms with van der Waals surface area (Å²) in [7, 11) is 1.52. The molecule has 3 N–H and O–H groups in total. The number of carbonyl (C=O) groups is 2. The van der Waals surface area contributed by atoms with E-state index in [0.29, 0.717) is 17.7 Å². The number of benzene rings is 2. The first kappa shape index (κ1) is 18.1. The molecule has 1 aromatic heterocycles. The van der Waals surface area contributed by atoms with Crippen LogP contribution in [0.3, 0.4) is 0 Å². The van der Waals surface area contributed by atoms with Crippen LogP contribution < -0.4 is 15.4 Å². The van der Waals surface area contributed by atoms with Crippen molar-refractivity contribution in [1.82, 2.24) is 15.6 Å². The molecule has 144 valence electrons. The van der Waals surface area contributed by atoms with Crippen molar-refractivity contribution in [2.75, 3.05) is 7.11 Å². The summed E-state index contributed by atoms with van der Waals surface area (Å²) in [5, 5.41) is 6.96. The topological polar surface area (TPSA) is 83.2 Å². The third kappa shape index (κ3) is 3.86. The van der Waals surface area contributed by atoms with Crippen LogP contribution in [-0.4, -0.2) is 36.0 Å². The van der Waals surface area contributed by atoms with E-state index in [2.05, 4.69) is 15.6 Å². The van der Waals surface area contributed by atoms with Gasteiger partial charge in [-0.15, -0.1) is 0 Å². The van der Waals surface area contributed by atoms with E-state index in [1.807, 2.05) is 30.5 Å². The van der Waals surface area contributed by atoms with Gasteiger partial charge in [0.05, 0.1) is 12.7 Å². The molecule has 0 aliphatic heterocycles. The summed E-state index contributed by atoms with van der Waals surface area (Å²) in [6, 6.07) is 14.5. The van der Waals surface area contributed by atoms with E-state index >= 15 is 0 Å². The van der Waals surface area contributed by atoms with Crippen LogP contribution in [0.4, 0.5) is 0 Å². The van der Waals surface area contributed by atoms with Gasteiger partial charge in [0.1, 0.15) is 11.8 Å². The number of amides is 2. The highest BCUT2D eigenvalue weighted by Gasteiger charge is 2.29. The molecule has 1 aliphatic rings. The Kier molecular flexibility index (Phi) is 5.02. The molecule has 4 rings (SSSR count). The normalized spacial score (nSPS) is 14.5. The molecule has 6 heteroatoms. The van der Waals surface area contributed by atoms with Crippen LogP contribution >= 0.6 is 0 Å². The minimum absolute atomic E-state index is 0.156. The highest BCUT2D eigenvalue weighted by Crippen LogP contribution is 2.22. The lowest BCUT2D eigenvalue weighted by Crippen LogP contribution is -2.48. The number of nitrogens with one attached hydrogen (secondary N) is 3. The van der Waals surface area contributed by atoms with E-state index in [1.165, 1.54) is 7.11 Å². The molecule has 6 nitrogen and oxygen atoms in total. The predicted octanol–water partition coefficient (Wildman–Crippen LogP) is 2.80. The van der Waals surface area contributed by atoms with E-state index in [-0.39, 0.29) is 17.9 Å². The van der Waals surface area contributed by atoms with Crippen LogP contribution in [0.15, 0.2) is 54.7 Å². The minimum atomic E-state index is -0.669. The summed E-state index contributed by atoms with van der Waals surface area (Å²) in [5.74, 6) is -0.00212. The molecule has 1 aliphatic carbocycles. The fourth-order valence-corrected chi connectivity index (χ4v) is 3.33. The molecule has 28 heavy (non-hydrogen) atoms. The first-order valence-corrected chi connectivity index (χ1v) is 9.45. The second-order valence-electron chi connectivity index (χ2n) is 7.07. The maximum absolute atomic E-state index is 12.9. The van der Waals surface area contributed by atoms with Crippen molar-refractivity contribution >= 4 is 22.7 Å². The fraction of sp³-hybridized carbons (Fsp3) is 0.273. The third-order valence-corrected chi connectivity index (χ3v) is 5.00. The van der Waals surface area contributed by atoms with E-state index < -0.39 is 6.04 Å². The zero-order chi connectivity index (χ0) is 19.5. The number of para-hydroxylation sites is 2. The monoisotopic (exact) mass is 377 g/mol. The van der Waals surface area contributed by atoms with Crippen molar-refractivity contribution in [3.05, 3.63) is 65.9 Å². The van der Waals surface area contributed by atoms with Crippen molar-refractivity contribution in [1.29, 1.82) is 0 Å². The third-order valence-electron chi connectivity index (χ3n) is 5.00. The van der Waals surface area contributed by atoms with Gasteiger partial charge in [0.2, 0.25) is 5.91 Å². The molecular weight excluding hydrogens is 354 g/mol. The maximum Gasteiger partial charge on any atom is 0.255 e. The van der Waals surface area contributed by atoms with Crippen molar-refractivity contribution < 1.29 is 14.3 Å². The van der Waals surface area contributed by atoms with Crippen LogP contribution in [0.2, 0.25) is 0 Å². The summed E-state index contributed by atoms with van der Waals surface area (Å²) in [6.07, 6.45) is 4.29. The van der Waals surface area contributed by atoms with Gasteiger partial charge in [-0.2, -0.15) is 0 Å². The number of aromatic amines is 1. The average molecular weight is 377 g/mol. The van der Waals surface area contributed by atoms with Gasteiger partial charge in [-0.1, -0.05) is 30.3 Å². The summed E-state index contributed by atoms with van der Waals surface area (Å²) >= 11 is 0. The number of carbonyl (C=O) groups excluding carboxylic acids is 2. The standard InChI is InChI=1S/C22H23N3O3/c1-28-20-9-5-3-7-17(20)21(26)25-19(22(27)24-15-10-11-15)12-14-13-23-18-8-4-2-6-16(14)18/h2-9,13,15,19,23H,10-12H2,1H3,(H,24,27)(H,25,26)/t19-/m0/s1. The van der Waals surface area contributed by atoms with E-state index in [1.54, 1.807) is 24.3 Å². The Morgan fingerprint density at radius 2 is 1.89 bits per heavy atom. The Labute approximate surface area is 163 Å². The summed E-state index contributed by atoms with van der Waals surface area (Å²) in [6.45, 7) is 0. The lowest BCUT2D eigenvalue weighted by molar-refractivity contribution is -0.123. The van der Waals surface area contributed by atoms with E-state index in [9.17, 15) is 9.59 Å². The number of ether oxygens (including phenoxy) is 1. The highest BCUT2D eigenvalue weighted by molar-refractivity contribution is 6.00. The molecule has 0 spiro atoms. The molecule has 3 aromatic rings. The van der Waals surface area contributed by atoms with Crippen LogP contribution in [0, 0.1) is 0 Å². The molecule has 0 unspecified atom stereocenters. The molecule has 2 amide bonds. The van der Waals surface area contributed by atoms with E-state index in [0.717, 1.165) is 29.3 Å². The molecule has 1 atom stereocenters. The summed E-state index contributed by atoms with van der Waals surface area (Å²) < 4.78 is 5.28. The van der Waals surface area contributed by atoms with Gasteiger partial charge in [0.25, 0.3) is 5.91 Å². The molecule has 1 fully saturated rings. The Morgan fingerprint density at radius 3 is 2.68 bits per heavy atom. The fourth-order valence-electron chi connectivity index (χ4n) is 3.33. The summed E-state index contributed by atoms with van der Waals surface area (Å²) in [4.78, 5) is 28.9. The number of H-pyrrole nitrogens is 1. The first-order chi connectivity index (χ1) is 13.7. The van der Waals surface area contributed by atoms with Crippen molar-refractivity contribution in [2.45, 2.75) is 31.3 Å². The van der Waals surface area contributed by atoms with Gasteiger partial charge in [0, 0.05) is 29.6 Å². The molecular formula is C22H23N3O3. The van der Waals surface area contributed by atoms with Crippen molar-refractivity contribution in [3.63, 3.8) is 0 Å². The second kappa shape index (κ2) is 7.76. The van der Waals surface area contributed by atoms with Gasteiger partial charge < -0.3 is 20.4 Å². The van der Waals surface area contributed by atoms with Crippen LogP contribution in [0.1, 0.15) is 28.8 Å². The number of hydrogen-bond acceptors (Lipinski definition) is 3. The number of aromatic nitrogens is 1. The van der Waals surface area contributed by atoms with Crippen LogP contribution in [0.5, 0.6) is 5.75 Å². The molecule has 1 heterocycles. The van der Waals surface area contributed by atoms with Crippen LogP contribution in [0.25, 0.3) is 10.9 Å². The van der Waals surface area contributed by atoms with Crippen LogP contribution in [-0.2, 0) is 11.2 Å². The quantitative estimate of drug-likeness (QED) is 0.592. The zero-order valence-electron chi connectivity index (χ0n) is 15.7. The lowest BCUT2D eigenvalue weighted by Gasteiger charge is -2.19. The smallest absolute Gasteiger partial charge is 0.255 e. The largest absolute Gasteiger partial charge is 0.496 e. The number of methoxy groups -OCH3 is 1. The Morgan fingerprint density at radius 1 is 1.14 bits per heavy atom. The highest BCUT2D eigenvalue weighted by atomic mass is 16.5. The molecule has 0 radical (unpaired) electrons. The lowest BCUT2D eigenvalue weighted by atomic mass is 10.0. The molecule has 1 saturated carbocycles. The minimum Gasteiger partial charge on any atom is -0.496 e. The SMILES string of the molecule is COc1ccccc1C(=O)N[C@@H](Cc1c[nH]c2ccccc12)C(=O)NC1CC1. The first-order valence-electron chi connectivity index (χ1n) is 9.45. The van der Waals surface area contributed by atoms with Gasteiger partial charge in [-0.25, -0.2) is 0 Å². The predicted molar refractivity (Wildman–Crippen MR) is 107 cm³/mol. The molecule has 0 saturated heterocycles. The van der Waals surface area contributed by atoms with E-state index in [4.69, 9.17) is 4.74 Å². The average Bonchev–Trinajstić information content (AvgIpc) is 3.45. The Bertz CT molecular complexity index is 1010. The van der Waals surface area contributed by atoms with Gasteiger partial charge in [-0.05, 0) is 36.6 Å². The molecule has 0 bridgehead atoms. The maximum atomic E-state index is 12.9. The number of rotatable bonds is 7. The Hall–Kier alpha value is -3.28.